The molecule has 2 aliphatic rings. The van der Waals surface area contributed by atoms with Crippen molar-refractivity contribution in [2.24, 2.45) is 11.3 Å². The van der Waals surface area contributed by atoms with Gasteiger partial charge in [0.05, 0.1) is 12.5 Å². The topological polar surface area (TPSA) is 55.4 Å². The van der Waals surface area contributed by atoms with Gasteiger partial charge in [0, 0.05) is 11.8 Å². The van der Waals surface area contributed by atoms with Crippen molar-refractivity contribution < 1.29 is 27.5 Å². The smallest absolute Gasteiger partial charge is 0.391 e. The van der Waals surface area contributed by atoms with E-state index in [1.54, 1.807) is 6.92 Å². The molecule has 1 N–H and O–H groups in total. The highest BCUT2D eigenvalue weighted by atomic mass is 19.4. The molecule has 4 nitrogen and oxygen atoms in total. The van der Waals surface area contributed by atoms with Crippen LogP contribution in [0, 0.1) is 11.3 Å². The number of halogens is 3. The van der Waals surface area contributed by atoms with Gasteiger partial charge in [-0.15, -0.1) is 0 Å². The standard InChI is InChI=1S/C13H18F3NO3/c1-2-20-11(19)10-12(7-9(18)17-10)5-3-8(4-6-12)13(14,15)16/h8,10H,2-7H2,1H3,(H,17,18). The molecule has 1 aliphatic carbocycles. The molecule has 1 spiro atoms. The van der Waals surface area contributed by atoms with E-state index in [1.165, 1.54) is 0 Å². The van der Waals surface area contributed by atoms with Crippen molar-refractivity contribution in [3.8, 4) is 0 Å². The number of hydrogen-bond acceptors (Lipinski definition) is 3. The fraction of sp³-hybridized carbons (Fsp3) is 0.846. The molecule has 1 atom stereocenters. The van der Waals surface area contributed by atoms with Gasteiger partial charge >= 0.3 is 12.1 Å². The van der Waals surface area contributed by atoms with Crippen LogP contribution in [-0.2, 0) is 14.3 Å². The maximum atomic E-state index is 12.7. The van der Waals surface area contributed by atoms with Gasteiger partial charge in [-0.2, -0.15) is 13.2 Å². The molecular formula is C13H18F3NO3. The minimum Gasteiger partial charge on any atom is -0.464 e. The Hall–Kier alpha value is -1.27. The molecule has 0 aromatic rings. The molecule has 0 aromatic carbocycles. The van der Waals surface area contributed by atoms with E-state index in [-0.39, 0.29) is 44.6 Å². The zero-order valence-electron chi connectivity index (χ0n) is 11.3. The maximum Gasteiger partial charge on any atom is 0.391 e. The molecule has 7 heteroatoms. The predicted molar refractivity (Wildman–Crippen MR) is 63.6 cm³/mol. The van der Waals surface area contributed by atoms with Gasteiger partial charge in [0.2, 0.25) is 5.91 Å². The van der Waals surface area contributed by atoms with Gasteiger partial charge in [0.25, 0.3) is 0 Å². The van der Waals surface area contributed by atoms with Gasteiger partial charge in [-0.1, -0.05) is 0 Å². The zero-order valence-corrected chi connectivity index (χ0v) is 11.3. The number of esters is 1. The third-order valence-electron chi connectivity index (χ3n) is 4.40. The van der Waals surface area contributed by atoms with Crippen molar-refractivity contribution in [3.05, 3.63) is 0 Å². The number of amides is 1. The summed E-state index contributed by atoms with van der Waals surface area (Å²) in [5, 5.41) is 2.56. The second-order valence-corrected chi connectivity index (χ2v) is 5.61. The Balaban J connectivity index is 2.10. The lowest BCUT2D eigenvalue weighted by molar-refractivity contribution is -0.188. The number of rotatable bonds is 2. The molecule has 0 bridgehead atoms. The van der Waals surface area contributed by atoms with Crippen molar-refractivity contribution in [3.63, 3.8) is 0 Å². The van der Waals surface area contributed by atoms with Crippen molar-refractivity contribution in [1.29, 1.82) is 0 Å². The highest BCUT2D eigenvalue weighted by molar-refractivity contribution is 5.90. The molecule has 2 fully saturated rings. The molecule has 1 aliphatic heterocycles. The Morgan fingerprint density at radius 2 is 2.00 bits per heavy atom. The minimum atomic E-state index is -4.20. The number of nitrogens with one attached hydrogen (secondary N) is 1. The van der Waals surface area contributed by atoms with Crippen molar-refractivity contribution >= 4 is 11.9 Å². The molecule has 20 heavy (non-hydrogen) atoms. The summed E-state index contributed by atoms with van der Waals surface area (Å²) in [5.74, 6) is -2.15. The van der Waals surface area contributed by atoms with E-state index in [9.17, 15) is 22.8 Å². The van der Waals surface area contributed by atoms with E-state index in [4.69, 9.17) is 4.74 Å². The first-order valence-electron chi connectivity index (χ1n) is 6.81. The maximum absolute atomic E-state index is 12.7. The summed E-state index contributed by atoms with van der Waals surface area (Å²) in [6.45, 7) is 1.84. The predicted octanol–water partition coefficient (Wildman–Crippen LogP) is 2.18. The molecular weight excluding hydrogens is 275 g/mol. The summed E-state index contributed by atoms with van der Waals surface area (Å²) >= 11 is 0. The minimum absolute atomic E-state index is 0.0334. The molecule has 2 rings (SSSR count). The average molecular weight is 293 g/mol. The fourth-order valence-corrected chi connectivity index (χ4v) is 3.31. The monoisotopic (exact) mass is 293 g/mol. The molecule has 0 aromatic heterocycles. The molecule has 1 saturated heterocycles. The van der Waals surface area contributed by atoms with Gasteiger partial charge in [0.15, 0.2) is 0 Å². The van der Waals surface area contributed by atoms with Gasteiger partial charge < -0.3 is 10.1 Å². The summed E-state index contributed by atoms with van der Waals surface area (Å²) in [4.78, 5) is 23.5. The van der Waals surface area contributed by atoms with Crippen LogP contribution in [0.3, 0.4) is 0 Å². The first kappa shape index (κ1) is 15.1. The molecule has 1 saturated carbocycles. The highest BCUT2D eigenvalue weighted by Gasteiger charge is 2.55. The van der Waals surface area contributed by atoms with Crippen LogP contribution in [-0.4, -0.2) is 30.7 Å². The number of carbonyl (C=O) groups is 2. The largest absolute Gasteiger partial charge is 0.464 e. The summed E-state index contributed by atoms with van der Waals surface area (Å²) in [6.07, 6.45) is -3.71. The third-order valence-corrected chi connectivity index (χ3v) is 4.40. The van der Waals surface area contributed by atoms with E-state index in [2.05, 4.69) is 5.32 Å². The van der Waals surface area contributed by atoms with Crippen molar-refractivity contribution in [2.75, 3.05) is 6.61 Å². The lowest BCUT2D eigenvalue weighted by atomic mass is 9.66. The first-order valence-corrected chi connectivity index (χ1v) is 6.81. The number of carbonyl (C=O) groups excluding carboxylic acids is 2. The second kappa shape index (κ2) is 5.26. The third kappa shape index (κ3) is 2.76. The van der Waals surface area contributed by atoms with Crippen LogP contribution in [0.25, 0.3) is 0 Å². The van der Waals surface area contributed by atoms with Crippen LogP contribution in [0.15, 0.2) is 0 Å². The zero-order chi connectivity index (χ0) is 15.0. The molecule has 1 unspecified atom stereocenters. The summed E-state index contributed by atoms with van der Waals surface area (Å²) in [6, 6.07) is -0.802. The first-order chi connectivity index (χ1) is 9.28. The van der Waals surface area contributed by atoms with Crippen LogP contribution in [0.4, 0.5) is 13.2 Å². The number of alkyl halides is 3. The molecule has 0 radical (unpaired) electrons. The molecule has 1 amide bonds. The summed E-state index contributed by atoms with van der Waals surface area (Å²) in [7, 11) is 0. The molecule has 114 valence electrons. The van der Waals surface area contributed by atoms with Gasteiger partial charge in [-0.25, -0.2) is 4.79 Å². The van der Waals surface area contributed by atoms with Crippen LogP contribution in [0.1, 0.15) is 39.0 Å². The van der Waals surface area contributed by atoms with Crippen LogP contribution < -0.4 is 5.32 Å². The summed E-state index contributed by atoms with van der Waals surface area (Å²) < 4.78 is 43.0. The number of ether oxygens (including phenoxy) is 1. The Labute approximate surface area is 115 Å². The SMILES string of the molecule is CCOC(=O)C1NC(=O)CC12CCC(C(F)(F)F)CC2. The van der Waals surface area contributed by atoms with Gasteiger partial charge in [0.1, 0.15) is 6.04 Å². The van der Waals surface area contributed by atoms with Gasteiger partial charge in [-0.05, 0) is 32.6 Å². The number of hydrogen-bond donors (Lipinski definition) is 1. The highest BCUT2D eigenvalue weighted by Crippen LogP contribution is 2.50. The summed E-state index contributed by atoms with van der Waals surface area (Å²) in [5.41, 5.74) is -0.703. The quantitative estimate of drug-likeness (QED) is 0.794. The lowest BCUT2D eigenvalue weighted by Gasteiger charge is -2.39. The van der Waals surface area contributed by atoms with Gasteiger partial charge in [-0.3, -0.25) is 4.79 Å². The Morgan fingerprint density at radius 1 is 1.40 bits per heavy atom. The van der Waals surface area contributed by atoms with Crippen LogP contribution in [0.2, 0.25) is 0 Å². The average Bonchev–Trinajstić information content (AvgIpc) is 2.66. The van der Waals surface area contributed by atoms with E-state index >= 15 is 0 Å². The second-order valence-electron chi connectivity index (χ2n) is 5.61. The van der Waals surface area contributed by atoms with E-state index in [1.807, 2.05) is 0 Å². The Morgan fingerprint density at radius 3 is 2.50 bits per heavy atom. The van der Waals surface area contributed by atoms with Crippen molar-refractivity contribution in [1.82, 2.24) is 5.32 Å². The normalized spacial score (nSPS) is 34.1. The fourth-order valence-electron chi connectivity index (χ4n) is 3.31. The Kier molecular flexibility index (Phi) is 3.97. The van der Waals surface area contributed by atoms with Crippen molar-refractivity contribution in [2.45, 2.75) is 51.2 Å². The van der Waals surface area contributed by atoms with Crippen LogP contribution in [0.5, 0.6) is 0 Å². The molecule has 1 heterocycles. The van der Waals surface area contributed by atoms with E-state index in [0.29, 0.717) is 0 Å². The van der Waals surface area contributed by atoms with Crippen LogP contribution >= 0.6 is 0 Å². The van der Waals surface area contributed by atoms with E-state index < -0.39 is 29.5 Å². The van der Waals surface area contributed by atoms with E-state index in [0.717, 1.165) is 0 Å². The lowest BCUT2D eigenvalue weighted by Crippen LogP contribution is -2.47. The Bertz CT molecular complexity index is 400.